The van der Waals surface area contributed by atoms with Gasteiger partial charge in [-0.15, -0.1) is 0 Å². The Balaban J connectivity index is 0.00000196. The van der Waals surface area contributed by atoms with Gasteiger partial charge in [-0.05, 0) is 17.5 Å². The molecule has 0 bridgehead atoms. The molecule has 0 aliphatic heterocycles. The van der Waals surface area contributed by atoms with Gasteiger partial charge in [-0.25, -0.2) is 8.42 Å². The quantitative estimate of drug-likeness (QED) is 0.478. The SMILES string of the molecule is CCc1ccc(C(O)S(=O)(=O)[O-])cc1.[Na+]. The van der Waals surface area contributed by atoms with Crippen LogP contribution >= 0.6 is 0 Å². The number of rotatable bonds is 3. The molecular formula is C9H11NaO4S. The Labute approximate surface area is 111 Å². The van der Waals surface area contributed by atoms with Crippen LogP contribution in [0.1, 0.15) is 23.5 Å². The summed E-state index contributed by atoms with van der Waals surface area (Å²) in [6, 6.07) is 6.26. The molecule has 0 saturated heterocycles. The van der Waals surface area contributed by atoms with E-state index >= 15 is 0 Å². The van der Waals surface area contributed by atoms with Crippen LogP contribution in [0, 0.1) is 0 Å². The van der Waals surface area contributed by atoms with Crippen LogP contribution in [0.15, 0.2) is 24.3 Å². The summed E-state index contributed by atoms with van der Waals surface area (Å²) >= 11 is 0. The van der Waals surface area contributed by atoms with E-state index < -0.39 is 15.6 Å². The minimum absolute atomic E-state index is 0. The predicted octanol–water partition coefficient (Wildman–Crippen LogP) is -2.21. The molecule has 4 nitrogen and oxygen atoms in total. The van der Waals surface area contributed by atoms with Gasteiger partial charge in [-0.3, -0.25) is 0 Å². The van der Waals surface area contributed by atoms with Gasteiger partial charge < -0.3 is 9.66 Å². The standard InChI is InChI=1S/C9H12O4S.Na/c1-2-7-3-5-8(6-4-7)9(10)14(11,12)13;/h3-6,9-10H,2H2,1H3,(H,11,12,13);/q;+1/p-1. The number of aliphatic hydroxyl groups excluding tert-OH is 1. The van der Waals surface area contributed by atoms with Crippen LogP contribution in [-0.2, 0) is 16.5 Å². The van der Waals surface area contributed by atoms with Crippen molar-refractivity contribution >= 4 is 10.1 Å². The Morgan fingerprint density at radius 3 is 2.13 bits per heavy atom. The minimum atomic E-state index is -4.67. The van der Waals surface area contributed by atoms with E-state index in [0.717, 1.165) is 12.0 Å². The summed E-state index contributed by atoms with van der Waals surface area (Å²) in [4.78, 5) is 0. The van der Waals surface area contributed by atoms with E-state index in [1.54, 1.807) is 12.1 Å². The molecule has 1 rings (SSSR count). The molecule has 1 aromatic carbocycles. The molecule has 1 aromatic rings. The predicted molar refractivity (Wildman–Crippen MR) is 50.5 cm³/mol. The van der Waals surface area contributed by atoms with E-state index in [4.69, 9.17) is 5.11 Å². The maximum absolute atomic E-state index is 10.5. The third kappa shape index (κ3) is 4.22. The fourth-order valence-corrected chi connectivity index (χ4v) is 1.58. The van der Waals surface area contributed by atoms with Crippen molar-refractivity contribution in [2.75, 3.05) is 0 Å². The minimum Gasteiger partial charge on any atom is -0.746 e. The Morgan fingerprint density at radius 1 is 1.33 bits per heavy atom. The molecule has 0 aliphatic rings. The Hall–Kier alpha value is 0.0900. The van der Waals surface area contributed by atoms with Crippen LogP contribution in [-0.4, -0.2) is 18.1 Å². The first kappa shape index (κ1) is 15.1. The van der Waals surface area contributed by atoms with Gasteiger partial charge in [0.25, 0.3) is 0 Å². The molecule has 0 amide bonds. The third-order valence-electron chi connectivity index (χ3n) is 1.95. The van der Waals surface area contributed by atoms with Crippen molar-refractivity contribution in [3.8, 4) is 0 Å². The van der Waals surface area contributed by atoms with Crippen molar-refractivity contribution in [2.24, 2.45) is 0 Å². The Kier molecular flexibility index (Phi) is 6.02. The molecule has 78 valence electrons. The molecule has 0 fully saturated rings. The second kappa shape index (κ2) is 5.98. The summed E-state index contributed by atoms with van der Waals surface area (Å²) in [5.74, 6) is 0. The molecule has 0 heterocycles. The fourth-order valence-electron chi connectivity index (χ4n) is 1.08. The second-order valence-electron chi connectivity index (χ2n) is 2.94. The topological polar surface area (TPSA) is 77.4 Å². The number of aliphatic hydroxyl groups is 1. The number of benzene rings is 1. The van der Waals surface area contributed by atoms with E-state index in [1.165, 1.54) is 12.1 Å². The second-order valence-corrected chi connectivity index (χ2v) is 4.37. The molecule has 0 saturated carbocycles. The van der Waals surface area contributed by atoms with Gasteiger partial charge >= 0.3 is 29.6 Å². The molecule has 6 heteroatoms. The van der Waals surface area contributed by atoms with Gasteiger partial charge in [0.15, 0.2) is 5.44 Å². The number of aryl methyl sites for hydroxylation is 1. The van der Waals surface area contributed by atoms with E-state index in [-0.39, 0.29) is 35.1 Å². The third-order valence-corrected chi connectivity index (χ3v) is 2.77. The summed E-state index contributed by atoms with van der Waals surface area (Å²) in [5.41, 5.74) is -0.838. The number of hydrogen-bond donors (Lipinski definition) is 1. The molecular weight excluding hydrogens is 227 g/mol. The van der Waals surface area contributed by atoms with Crippen molar-refractivity contribution < 1.29 is 47.6 Å². The zero-order valence-corrected chi connectivity index (χ0v) is 11.5. The average molecular weight is 238 g/mol. The van der Waals surface area contributed by atoms with Crippen LogP contribution in [0.4, 0.5) is 0 Å². The first-order valence-electron chi connectivity index (χ1n) is 4.16. The fraction of sp³-hybridized carbons (Fsp3) is 0.333. The van der Waals surface area contributed by atoms with E-state index in [2.05, 4.69) is 0 Å². The Bertz CT molecular complexity index is 399. The molecule has 15 heavy (non-hydrogen) atoms. The maximum Gasteiger partial charge on any atom is 1.00 e. The molecule has 1 unspecified atom stereocenters. The largest absolute Gasteiger partial charge is 1.00 e. The molecule has 0 aliphatic carbocycles. The van der Waals surface area contributed by atoms with E-state index in [0.29, 0.717) is 0 Å². The maximum atomic E-state index is 10.5. The molecule has 1 N–H and O–H groups in total. The van der Waals surface area contributed by atoms with Crippen LogP contribution in [0.3, 0.4) is 0 Å². The van der Waals surface area contributed by atoms with Crippen LogP contribution < -0.4 is 29.6 Å². The zero-order chi connectivity index (χ0) is 10.8. The summed E-state index contributed by atoms with van der Waals surface area (Å²) in [5, 5.41) is 9.12. The van der Waals surface area contributed by atoms with Crippen molar-refractivity contribution in [2.45, 2.75) is 18.8 Å². The zero-order valence-electron chi connectivity index (χ0n) is 8.67. The van der Waals surface area contributed by atoms with Crippen molar-refractivity contribution in [1.29, 1.82) is 0 Å². The monoisotopic (exact) mass is 238 g/mol. The van der Waals surface area contributed by atoms with Gasteiger partial charge in [0, 0.05) is 0 Å². The van der Waals surface area contributed by atoms with Crippen molar-refractivity contribution in [3.63, 3.8) is 0 Å². The van der Waals surface area contributed by atoms with Crippen molar-refractivity contribution in [1.82, 2.24) is 0 Å². The first-order chi connectivity index (χ1) is 6.45. The van der Waals surface area contributed by atoms with Crippen molar-refractivity contribution in [3.05, 3.63) is 35.4 Å². The Morgan fingerprint density at radius 2 is 1.80 bits per heavy atom. The smallest absolute Gasteiger partial charge is 0.746 e. The normalized spacial score (nSPS) is 13.0. The van der Waals surface area contributed by atoms with E-state index in [1.807, 2.05) is 6.92 Å². The summed E-state index contributed by atoms with van der Waals surface area (Å²) < 4.78 is 31.4. The van der Waals surface area contributed by atoms with Gasteiger partial charge in [0.2, 0.25) is 0 Å². The van der Waals surface area contributed by atoms with E-state index in [9.17, 15) is 13.0 Å². The summed E-state index contributed by atoms with van der Waals surface area (Å²) in [6.07, 6.45) is 0.820. The summed E-state index contributed by atoms with van der Waals surface area (Å²) in [6.45, 7) is 1.95. The molecule has 1 atom stereocenters. The van der Waals surface area contributed by atoms with Gasteiger partial charge in [-0.2, -0.15) is 0 Å². The summed E-state index contributed by atoms with van der Waals surface area (Å²) in [7, 11) is -4.67. The van der Waals surface area contributed by atoms with Crippen LogP contribution in [0.25, 0.3) is 0 Å². The molecule has 0 spiro atoms. The van der Waals surface area contributed by atoms with Gasteiger partial charge in [0.05, 0.1) is 0 Å². The van der Waals surface area contributed by atoms with Crippen LogP contribution in [0.5, 0.6) is 0 Å². The molecule has 0 radical (unpaired) electrons. The first-order valence-corrected chi connectivity index (χ1v) is 5.64. The van der Waals surface area contributed by atoms with Gasteiger partial charge in [-0.1, -0.05) is 31.2 Å². The number of hydrogen-bond acceptors (Lipinski definition) is 4. The average Bonchev–Trinajstić information content (AvgIpc) is 2.15. The molecule has 0 aromatic heterocycles. The van der Waals surface area contributed by atoms with Gasteiger partial charge in [0.1, 0.15) is 10.1 Å². The van der Waals surface area contributed by atoms with Crippen LogP contribution in [0.2, 0.25) is 0 Å².